The Labute approximate surface area is 191 Å². The molecule has 1 fully saturated rings. The van der Waals surface area contributed by atoms with Crippen LogP contribution in [-0.2, 0) is 0 Å². The molecule has 1 saturated heterocycles. The molecule has 2 atom stereocenters. The van der Waals surface area contributed by atoms with Crippen molar-refractivity contribution in [1.82, 2.24) is 15.2 Å². The van der Waals surface area contributed by atoms with Crippen LogP contribution in [0, 0.1) is 0 Å². The number of ether oxygens (including phenoxy) is 1. The van der Waals surface area contributed by atoms with Gasteiger partial charge in [0.25, 0.3) is 5.91 Å². The van der Waals surface area contributed by atoms with Gasteiger partial charge in [-0.3, -0.25) is 9.69 Å². The molecule has 0 saturated carbocycles. The molecule has 2 heterocycles. The molecule has 1 amide bonds. The standard InChI is InChI=1S/C24H27BrN4O2/c1-17(25)31-22-16-20(15-19-7-3-4-8-21(19)22)24(30)27-18(2)28-11-13-29(14-12-28)23-9-5-6-10-26-23/h3-10,15-18H,11-14H2,1-2H3,(H,27,30). The SMILES string of the molecule is CC(Br)Oc1cc(C(=O)NC(C)N2CCN(c3ccccn3)CC2)cc2ccccc12. The summed E-state index contributed by atoms with van der Waals surface area (Å²) in [6, 6.07) is 17.7. The first-order chi connectivity index (χ1) is 15.0. The molecule has 31 heavy (non-hydrogen) atoms. The molecule has 1 N–H and O–H groups in total. The Bertz CT molecular complexity index is 1040. The molecule has 6 nitrogen and oxygen atoms in total. The van der Waals surface area contributed by atoms with E-state index in [2.05, 4.69) is 36.0 Å². The smallest absolute Gasteiger partial charge is 0.252 e. The van der Waals surface area contributed by atoms with E-state index in [1.54, 1.807) is 0 Å². The molecule has 0 aliphatic carbocycles. The maximum atomic E-state index is 13.0. The number of pyridine rings is 1. The molecular weight excluding hydrogens is 456 g/mol. The Kier molecular flexibility index (Phi) is 6.73. The molecule has 0 spiro atoms. The minimum absolute atomic E-state index is 0.0654. The predicted octanol–water partition coefficient (Wildman–Crippen LogP) is 4.25. The fourth-order valence-electron chi connectivity index (χ4n) is 3.92. The van der Waals surface area contributed by atoms with Crippen LogP contribution in [0.2, 0.25) is 0 Å². The number of carbonyl (C=O) groups excluding carboxylic acids is 1. The lowest BCUT2D eigenvalue weighted by Crippen LogP contribution is -2.55. The van der Waals surface area contributed by atoms with Crippen LogP contribution in [0.25, 0.3) is 10.8 Å². The van der Waals surface area contributed by atoms with Crippen molar-refractivity contribution in [3.05, 3.63) is 66.4 Å². The summed E-state index contributed by atoms with van der Waals surface area (Å²) >= 11 is 3.43. The van der Waals surface area contributed by atoms with Crippen molar-refractivity contribution in [1.29, 1.82) is 0 Å². The highest BCUT2D eigenvalue weighted by Gasteiger charge is 2.23. The highest BCUT2D eigenvalue weighted by atomic mass is 79.9. The van der Waals surface area contributed by atoms with Crippen molar-refractivity contribution in [3.63, 3.8) is 0 Å². The lowest BCUT2D eigenvalue weighted by Gasteiger charge is -2.38. The van der Waals surface area contributed by atoms with E-state index >= 15 is 0 Å². The Morgan fingerprint density at radius 1 is 1.06 bits per heavy atom. The fraction of sp³-hybridized carbons (Fsp3) is 0.333. The van der Waals surface area contributed by atoms with Gasteiger partial charge in [0.15, 0.2) is 5.01 Å². The van der Waals surface area contributed by atoms with Crippen molar-refractivity contribution in [3.8, 4) is 5.75 Å². The Morgan fingerprint density at radius 3 is 2.52 bits per heavy atom. The summed E-state index contributed by atoms with van der Waals surface area (Å²) in [5.74, 6) is 1.60. The van der Waals surface area contributed by atoms with Crippen molar-refractivity contribution < 1.29 is 9.53 Å². The van der Waals surface area contributed by atoms with Crippen molar-refractivity contribution in [2.24, 2.45) is 0 Å². The summed E-state index contributed by atoms with van der Waals surface area (Å²) in [4.78, 5) is 22.0. The predicted molar refractivity (Wildman–Crippen MR) is 128 cm³/mol. The normalized spacial score (nSPS) is 16.7. The summed E-state index contributed by atoms with van der Waals surface area (Å²) in [7, 11) is 0. The van der Waals surface area contributed by atoms with E-state index < -0.39 is 0 Å². The fourth-order valence-corrected chi connectivity index (χ4v) is 4.12. The highest BCUT2D eigenvalue weighted by molar-refractivity contribution is 9.09. The van der Waals surface area contributed by atoms with Crippen LogP contribution in [0.1, 0.15) is 24.2 Å². The van der Waals surface area contributed by atoms with Crippen LogP contribution in [0.5, 0.6) is 5.75 Å². The van der Waals surface area contributed by atoms with Crippen LogP contribution in [0.3, 0.4) is 0 Å². The number of aromatic nitrogens is 1. The van der Waals surface area contributed by atoms with E-state index in [4.69, 9.17) is 4.74 Å². The number of nitrogens with zero attached hydrogens (tertiary/aromatic N) is 3. The number of halogens is 1. The number of piperazine rings is 1. The minimum atomic E-state index is -0.149. The summed E-state index contributed by atoms with van der Waals surface area (Å²) in [5.41, 5.74) is 0.598. The van der Waals surface area contributed by atoms with E-state index in [1.165, 1.54) is 0 Å². The molecule has 0 bridgehead atoms. The number of alkyl halides is 1. The second kappa shape index (κ2) is 9.66. The van der Waals surface area contributed by atoms with Crippen molar-refractivity contribution in [2.45, 2.75) is 25.0 Å². The van der Waals surface area contributed by atoms with E-state index in [-0.39, 0.29) is 17.1 Å². The van der Waals surface area contributed by atoms with Gasteiger partial charge in [-0.2, -0.15) is 0 Å². The molecule has 4 rings (SSSR count). The number of benzene rings is 2. The van der Waals surface area contributed by atoms with Gasteiger partial charge in [-0.15, -0.1) is 0 Å². The Balaban J connectivity index is 1.43. The zero-order chi connectivity index (χ0) is 21.8. The van der Waals surface area contributed by atoms with Crippen molar-refractivity contribution >= 4 is 38.4 Å². The lowest BCUT2D eigenvalue weighted by atomic mass is 10.1. The summed E-state index contributed by atoms with van der Waals surface area (Å²) < 4.78 is 5.91. The first-order valence-electron chi connectivity index (χ1n) is 10.6. The molecule has 1 aromatic heterocycles. The Hall–Kier alpha value is -2.64. The monoisotopic (exact) mass is 482 g/mol. The van der Waals surface area contributed by atoms with E-state index in [1.807, 2.05) is 74.6 Å². The van der Waals surface area contributed by atoms with E-state index in [9.17, 15) is 4.79 Å². The maximum Gasteiger partial charge on any atom is 0.252 e. The van der Waals surface area contributed by atoms with E-state index in [0.717, 1.165) is 42.8 Å². The van der Waals surface area contributed by atoms with Crippen LogP contribution < -0.4 is 15.0 Å². The molecule has 1 aliphatic rings. The zero-order valence-electron chi connectivity index (χ0n) is 17.8. The lowest BCUT2D eigenvalue weighted by molar-refractivity contribution is 0.0857. The molecular formula is C24H27BrN4O2. The highest BCUT2D eigenvalue weighted by Crippen LogP contribution is 2.29. The largest absolute Gasteiger partial charge is 0.479 e. The molecule has 0 radical (unpaired) electrons. The number of hydrogen-bond acceptors (Lipinski definition) is 5. The summed E-state index contributed by atoms with van der Waals surface area (Å²) in [6.45, 7) is 7.45. The van der Waals surface area contributed by atoms with Crippen LogP contribution in [-0.4, -0.2) is 53.1 Å². The second-order valence-corrected chi connectivity index (χ2v) is 9.01. The van der Waals surface area contributed by atoms with Gasteiger partial charge in [-0.05, 0) is 59.4 Å². The van der Waals surface area contributed by atoms with Gasteiger partial charge >= 0.3 is 0 Å². The minimum Gasteiger partial charge on any atom is -0.479 e. The van der Waals surface area contributed by atoms with Gasteiger partial charge in [-0.1, -0.05) is 30.3 Å². The third-order valence-electron chi connectivity index (χ3n) is 5.55. The third kappa shape index (κ3) is 5.17. The molecule has 1 aliphatic heterocycles. The second-order valence-electron chi connectivity index (χ2n) is 7.72. The number of rotatable bonds is 6. The molecule has 7 heteroatoms. The molecule has 2 aromatic carbocycles. The number of amides is 1. The maximum absolute atomic E-state index is 13.0. The average molecular weight is 483 g/mol. The van der Waals surface area contributed by atoms with Crippen LogP contribution in [0.4, 0.5) is 5.82 Å². The summed E-state index contributed by atoms with van der Waals surface area (Å²) in [5, 5.41) is 4.97. The summed E-state index contributed by atoms with van der Waals surface area (Å²) in [6.07, 6.45) is 1.76. The van der Waals surface area contributed by atoms with Crippen LogP contribution in [0.15, 0.2) is 60.8 Å². The number of hydrogen-bond donors (Lipinski definition) is 1. The first kappa shape index (κ1) is 21.6. The topological polar surface area (TPSA) is 57.7 Å². The van der Waals surface area contributed by atoms with Gasteiger partial charge in [-0.25, -0.2) is 4.98 Å². The molecule has 162 valence electrons. The Morgan fingerprint density at radius 2 is 1.81 bits per heavy atom. The van der Waals surface area contributed by atoms with Crippen molar-refractivity contribution in [2.75, 3.05) is 31.1 Å². The van der Waals surface area contributed by atoms with Crippen LogP contribution >= 0.6 is 15.9 Å². The zero-order valence-corrected chi connectivity index (χ0v) is 19.4. The molecule has 2 unspecified atom stereocenters. The van der Waals surface area contributed by atoms with Gasteiger partial charge in [0.05, 0.1) is 6.17 Å². The van der Waals surface area contributed by atoms with Gasteiger partial charge in [0.1, 0.15) is 11.6 Å². The third-order valence-corrected chi connectivity index (χ3v) is 5.74. The average Bonchev–Trinajstić information content (AvgIpc) is 2.79. The number of nitrogens with one attached hydrogen (secondary N) is 1. The van der Waals surface area contributed by atoms with Gasteiger partial charge in [0.2, 0.25) is 0 Å². The first-order valence-corrected chi connectivity index (χ1v) is 11.5. The van der Waals surface area contributed by atoms with Gasteiger partial charge < -0.3 is 15.0 Å². The number of anilines is 1. The number of fused-ring (bicyclic) bond motifs is 1. The van der Waals surface area contributed by atoms with E-state index in [0.29, 0.717) is 11.3 Å². The number of carbonyl (C=O) groups is 1. The quantitative estimate of drug-likeness (QED) is 0.532. The molecule has 3 aromatic rings. The van der Waals surface area contributed by atoms with Gasteiger partial charge in [0, 0.05) is 43.3 Å².